The van der Waals surface area contributed by atoms with E-state index >= 15 is 0 Å². The monoisotopic (exact) mass is 191 g/mol. The van der Waals surface area contributed by atoms with Crippen LogP contribution in [-0.4, -0.2) is 21.9 Å². The van der Waals surface area contributed by atoms with Crippen molar-refractivity contribution >= 4 is 0 Å². The van der Waals surface area contributed by atoms with E-state index in [1.807, 2.05) is 6.07 Å². The molecule has 3 aliphatic carbocycles. The molecule has 3 heteroatoms. The van der Waals surface area contributed by atoms with Gasteiger partial charge in [-0.2, -0.15) is 5.26 Å². The first kappa shape index (κ1) is 8.46. The van der Waals surface area contributed by atoms with E-state index in [4.69, 9.17) is 5.26 Å². The van der Waals surface area contributed by atoms with Gasteiger partial charge in [0.05, 0.1) is 12.2 Å². The number of aliphatic hydroxyl groups excluding tert-OH is 1. The average Bonchev–Trinajstić information content (AvgIpc) is 2.73. The third-order valence-electron chi connectivity index (χ3n) is 4.23. The minimum atomic E-state index is -1.28. The first-order valence-corrected chi connectivity index (χ1v) is 5.16. The van der Waals surface area contributed by atoms with Crippen LogP contribution in [0, 0.1) is 35.0 Å². The summed E-state index contributed by atoms with van der Waals surface area (Å²) in [6.45, 7) is 0. The summed E-state index contributed by atoms with van der Waals surface area (Å²) >= 11 is 0. The lowest BCUT2D eigenvalue weighted by atomic mass is 9.86. The standard InChI is InChI=1S/C11H13NO2/c12-5-11(14)4-7-2-1-6-3-8(13)10(11)9(6)7/h1-2,6-10,13-14H,3-4H2. The van der Waals surface area contributed by atoms with E-state index in [-0.39, 0.29) is 5.92 Å². The molecule has 0 aliphatic heterocycles. The minimum absolute atomic E-state index is 0.225. The Morgan fingerprint density at radius 1 is 1.36 bits per heavy atom. The minimum Gasteiger partial charge on any atom is -0.393 e. The van der Waals surface area contributed by atoms with Crippen molar-refractivity contribution in [2.45, 2.75) is 24.5 Å². The molecule has 6 atom stereocenters. The molecule has 0 spiro atoms. The molecule has 0 aromatic heterocycles. The van der Waals surface area contributed by atoms with Gasteiger partial charge in [-0.25, -0.2) is 0 Å². The normalized spacial score (nSPS) is 58.8. The first-order valence-electron chi connectivity index (χ1n) is 5.16. The highest BCUT2D eigenvalue weighted by atomic mass is 16.3. The van der Waals surface area contributed by atoms with Gasteiger partial charge in [-0.05, 0) is 30.6 Å². The number of nitriles is 1. The number of aliphatic hydroxyl groups is 2. The van der Waals surface area contributed by atoms with Crippen molar-refractivity contribution in [1.29, 1.82) is 5.26 Å². The summed E-state index contributed by atoms with van der Waals surface area (Å²) in [5, 5.41) is 28.9. The Hall–Kier alpha value is -0.850. The van der Waals surface area contributed by atoms with Gasteiger partial charge in [0.1, 0.15) is 0 Å². The Balaban J connectivity index is 2.05. The molecule has 0 amide bonds. The van der Waals surface area contributed by atoms with E-state index in [2.05, 4.69) is 12.2 Å². The zero-order chi connectivity index (χ0) is 9.92. The summed E-state index contributed by atoms with van der Waals surface area (Å²) < 4.78 is 0. The molecule has 2 N–H and O–H groups in total. The van der Waals surface area contributed by atoms with Gasteiger partial charge < -0.3 is 10.2 Å². The second-order valence-electron chi connectivity index (χ2n) is 4.86. The first-order chi connectivity index (χ1) is 6.65. The fourth-order valence-corrected chi connectivity index (χ4v) is 3.77. The largest absolute Gasteiger partial charge is 0.393 e. The van der Waals surface area contributed by atoms with Crippen molar-refractivity contribution in [2.24, 2.45) is 23.7 Å². The van der Waals surface area contributed by atoms with Gasteiger partial charge in [0, 0.05) is 5.92 Å². The Morgan fingerprint density at radius 2 is 2.07 bits per heavy atom. The Bertz CT molecular complexity index is 346. The van der Waals surface area contributed by atoms with Crippen LogP contribution in [0.3, 0.4) is 0 Å². The predicted molar refractivity (Wildman–Crippen MR) is 48.9 cm³/mol. The number of nitrogens with zero attached hydrogens (tertiary/aromatic N) is 1. The zero-order valence-corrected chi connectivity index (χ0v) is 7.80. The molecule has 2 fully saturated rings. The fraction of sp³-hybridized carbons (Fsp3) is 0.727. The van der Waals surface area contributed by atoms with Crippen LogP contribution in [-0.2, 0) is 0 Å². The highest BCUT2D eigenvalue weighted by molar-refractivity contribution is 5.26. The topological polar surface area (TPSA) is 64.2 Å². The van der Waals surface area contributed by atoms with Crippen molar-refractivity contribution in [1.82, 2.24) is 0 Å². The fourth-order valence-electron chi connectivity index (χ4n) is 3.77. The highest BCUT2D eigenvalue weighted by Gasteiger charge is 2.62. The van der Waals surface area contributed by atoms with Gasteiger partial charge in [0.25, 0.3) is 0 Å². The van der Waals surface area contributed by atoms with E-state index in [9.17, 15) is 10.2 Å². The van der Waals surface area contributed by atoms with Crippen LogP contribution < -0.4 is 0 Å². The van der Waals surface area contributed by atoms with Gasteiger partial charge >= 0.3 is 0 Å². The molecule has 0 aromatic carbocycles. The number of hydrogen-bond acceptors (Lipinski definition) is 3. The number of allylic oxidation sites excluding steroid dienone is 2. The summed E-state index contributed by atoms with van der Waals surface area (Å²) in [7, 11) is 0. The van der Waals surface area contributed by atoms with Crippen molar-refractivity contribution in [2.75, 3.05) is 0 Å². The lowest BCUT2D eigenvalue weighted by Gasteiger charge is -2.24. The van der Waals surface area contributed by atoms with Gasteiger partial charge in [0.2, 0.25) is 0 Å². The summed E-state index contributed by atoms with van der Waals surface area (Å²) in [5.41, 5.74) is -1.28. The molecule has 0 aromatic rings. The maximum Gasteiger partial charge on any atom is 0.157 e. The second kappa shape index (κ2) is 2.39. The maximum atomic E-state index is 10.1. The summed E-state index contributed by atoms with van der Waals surface area (Å²) in [6.07, 6.45) is 4.98. The lowest BCUT2D eigenvalue weighted by Crippen LogP contribution is -2.38. The van der Waals surface area contributed by atoms with Gasteiger partial charge in [0.15, 0.2) is 5.60 Å². The Kier molecular flexibility index (Phi) is 1.44. The zero-order valence-electron chi connectivity index (χ0n) is 7.80. The van der Waals surface area contributed by atoms with E-state index < -0.39 is 11.7 Å². The van der Waals surface area contributed by atoms with Crippen molar-refractivity contribution < 1.29 is 10.2 Å². The summed E-state index contributed by atoms with van der Waals surface area (Å²) in [6, 6.07) is 1.99. The molecule has 0 heterocycles. The molecule has 2 saturated carbocycles. The van der Waals surface area contributed by atoms with E-state index in [1.54, 1.807) is 0 Å². The molecule has 0 saturated heterocycles. The highest BCUT2D eigenvalue weighted by Crippen LogP contribution is 2.58. The van der Waals surface area contributed by atoms with Crippen molar-refractivity contribution in [3.63, 3.8) is 0 Å². The second-order valence-corrected chi connectivity index (χ2v) is 4.86. The van der Waals surface area contributed by atoms with Crippen molar-refractivity contribution in [3.05, 3.63) is 12.2 Å². The Morgan fingerprint density at radius 3 is 2.79 bits per heavy atom. The van der Waals surface area contributed by atoms with Crippen molar-refractivity contribution in [3.8, 4) is 6.07 Å². The van der Waals surface area contributed by atoms with Crippen LogP contribution in [0.25, 0.3) is 0 Å². The summed E-state index contributed by atoms with van der Waals surface area (Å²) in [5.74, 6) is 0.793. The molecular weight excluding hydrogens is 178 g/mol. The molecule has 3 nitrogen and oxygen atoms in total. The predicted octanol–water partition coefficient (Wildman–Crippen LogP) is 0.444. The van der Waals surface area contributed by atoms with Crippen LogP contribution in [0.2, 0.25) is 0 Å². The smallest absolute Gasteiger partial charge is 0.157 e. The van der Waals surface area contributed by atoms with Gasteiger partial charge in [-0.1, -0.05) is 12.2 Å². The molecule has 14 heavy (non-hydrogen) atoms. The maximum absolute atomic E-state index is 10.1. The third-order valence-corrected chi connectivity index (χ3v) is 4.23. The molecule has 3 rings (SSSR count). The molecule has 3 aliphatic rings. The number of rotatable bonds is 0. The SMILES string of the molecule is N#CC1(O)CC2C=CC3CC(O)C1C32. The van der Waals surface area contributed by atoms with Crippen LogP contribution in [0.4, 0.5) is 0 Å². The quantitative estimate of drug-likeness (QED) is 0.431. The Labute approximate surface area is 82.7 Å². The molecule has 6 unspecified atom stereocenters. The van der Waals surface area contributed by atoms with Gasteiger partial charge in [-0.3, -0.25) is 0 Å². The lowest BCUT2D eigenvalue weighted by molar-refractivity contribution is -0.00690. The average molecular weight is 191 g/mol. The summed E-state index contributed by atoms with van der Waals surface area (Å²) in [4.78, 5) is 0. The van der Waals surface area contributed by atoms with Gasteiger partial charge in [-0.15, -0.1) is 0 Å². The molecule has 0 bridgehead atoms. The third kappa shape index (κ3) is 0.789. The van der Waals surface area contributed by atoms with Crippen LogP contribution in [0.1, 0.15) is 12.8 Å². The van der Waals surface area contributed by atoms with Crippen LogP contribution in [0.15, 0.2) is 12.2 Å². The van der Waals surface area contributed by atoms with Crippen LogP contribution >= 0.6 is 0 Å². The molecule has 0 radical (unpaired) electrons. The molecular formula is C11H13NO2. The van der Waals surface area contributed by atoms with E-state index in [0.29, 0.717) is 30.6 Å². The number of hydrogen-bond donors (Lipinski definition) is 2. The van der Waals surface area contributed by atoms with Crippen LogP contribution in [0.5, 0.6) is 0 Å². The molecule has 74 valence electrons. The van der Waals surface area contributed by atoms with E-state index in [1.165, 1.54) is 0 Å². The van der Waals surface area contributed by atoms with E-state index in [0.717, 1.165) is 0 Å².